The van der Waals surface area contributed by atoms with Crippen molar-refractivity contribution in [3.63, 3.8) is 0 Å². The van der Waals surface area contributed by atoms with Crippen LogP contribution >= 0.6 is 0 Å². The number of aryl methyl sites for hydroxylation is 1. The molecule has 134 valence electrons. The molecule has 7 heteroatoms. The van der Waals surface area contributed by atoms with E-state index in [0.29, 0.717) is 11.9 Å². The molecule has 0 bridgehead atoms. The van der Waals surface area contributed by atoms with E-state index in [2.05, 4.69) is 27.3 Å². The highest BCUT2D eigenvalue weighted by Crippen LogP contribution is 2.21. The van der Waals surface area contributed by atoms with Gasteiger partial charge in [0.1, 0.15) is 5.82 Å². The second-order valence-corrected chi connectivity index (χ2v) is 6.69. The third-order valence-electron chi connectivity index (χ3n) is 4.58. The Labute approximate surface area is 146 Å². The first kappa shape index (κ1) is 17.5. The number of nitrogens with one attached hydrogen (secondary N) is 1. The molecule has 1 saturated heterocycles. The molecule has 2 atom stereocenters. The number of hydrogen-bond acceptors (Lipinski definition) is 5. The van der Waals surface area contributed by atoms with Gasteiger partial charge in [0.15, 0.2) is 0 Å². The minimum Gasteiger partial charge on any atom is -0.348 e. The summed E-state index contributed by atoms with van der Waals surface area (Å²) in [5, 5.41) is 6.64. The largest absolute Gasteiger partial charge is 0.348 e. The van der Waals surface area contributed by atoms with Gasteiger partial charge >= 0.3 is 0 Å². The van der Waals surface area contributed by atoms with Crippen molar-refractivity contribution in [2.45, 2.75) is 45.7 Å². The molecule has 1 aromatic carbocycles. The minimum atomic E-state index is -0.547. The first-order valence-electron chi connectivity index (χ1n) is 8.59. The highest BCUT2D eigenvalue weighted by Gasteiger charge is 2.23. The normalized spacial score (nSPS) is 19.1. The molecule has 25 heavy (non-hydrogen) atoms. The lowest BCUT2D eigenvalue weighted by Crippen LogP contribution is -2.43. The van der Waals surface area contributed by atoms with E-state index in [1.165, 1.54) is 25.0 Å². The smallest absolute Gasteiger partial charge is 0.251 e. The zero-order valence-corrected chi connectivity index (χ0v) is 14.8. The van der Waals surface area contributed by atoms with Crippen LogP contribution in [0.4, 0.5) is 4.39 Å². The second-order valence-electron chi connectivity index (χ2n) is 6.69. The fraction of sp³-hybridized carbons (Fsp3) is 0.500. The van der Waals surface area contributed by atoms with Crippen LogP contribution in [0, 0.1) is 12.7 Å². The van der Waals surface area contributed by atoms with Gasteiger partial charge in [0.2, 0.25) is 11.7 Å². The van der Waals surface area contributed by atoms with Gasteiger partial charge in [-0.2, -0.15) is 4.98 Å². The number of likely N-dealkylation sites (tertiary alicyclic amines) is 1. The van der Waals surface area contributed by atoms with Crippen LogP contribution in [-0.2, 0) is 0 Å². The van der Waals surface area contributed by atoms with Crippen LogP contribution in [0.15, 0.2) is 22.7 Å². The average Bonchev–Trinajstić information content (AvgIpc) is 3.16. The molecular formula is C18H23FN4O2. The van der Waals surface area contributed by atoms with E-state index in [-0.39, 0.29) is 28.9 Å². The maximum Gasteiger partial charge on any atom is 0.251 e. The maximum absolute atomic E-state index is 14.3. The van der Waals surface area contributed by atoms with Gasteiger partial charge in [-0.05, 0) is 51.4 Å². The zero-order chi connectivity index (χ0) is 18.0. The van der Waals surface area contributed by atoms with Crippen molar-refractivity contribution in [1.29, 1.82) is 0 Å². The zero-order valence-electron chi connectivity index (χ0n) is 14.8. The fourth-order valence-electron chi connectivity index (χ4n) is 3.21. The van der Waals surface area contributed by atoms with Crippen LogP contribution in [0.3, 0.4) is 0 Å². The van der Waals surface area contributed by atoms with Crippen molar-refractivity contribution < 1.29 is 13.7 Å². The quantitative estimate of drug-likeness (QED) is 0.901. The van der Waals surface area contributed by atoms with Crippen LogP contribution in [0.2, 0.25) is 0 Å². The summed E-state index contributed by atoms with van der Waals surface area (Å²) in [4.78, 5) is 18.7. The van der Waals surface area contributed by atoms with Gasteiger partial charge in [0.05, 0.1) is 5.56 Å². The molecule has 6 nitrogen and oxygen atoms in total. The number of carbonyl (C=O) groups is 1. The lowest BCUT2D eigenvalue weighted by atomic mass is 10.1. The van der Waals surface area contributed by atoms with Gasteiger partial charge in [-0.3, -0.25) is 9.69 Å². The Kier molecular flexibility index (Phi) is 5.13. The molecule has 1 aromatic heterocycles. The van der Waals surface area contributed by atoms with Crippen molar-refractivity contribution in [1.82, 2.24) is 20.4 Å². The number of amides is 1. The lowest BCUT2D eigenvalue weighted by Gasteiger charge is -2.25. The Morgan fingerprint density at radius 1 is 1.52 bits per heavy atom. The Morgan fingerprint density at radius 2 is 2.32 bits per heavy atom. The molecule has 1 amide bonds. The highest BCUT2D eigenvalue weighted by atomic mass is 19.1. The van der Waals surface area contributed by atoms with E-state index in [0.717, 1.165) is 13.1 Å². The number of nitrogens with zero attached hydrogens (tertiary/aromatic N) is 3. The summed E-state index contributed by atoms with van der Waals surface area (Å²) < 4.78 is 19.2. The van der Waals surface area contributed by atoms with Crippen molar-refractivity contribution in [2.24, 2.45) is 0 Å². The number of hydrogen-bond donors (Lipinski definition) is 1. The predicted octanol–water partition coefficient (Wildman–Crippen LogP) is 2.79. The third-order valence-corrected chi connectivity index (χ3v) is 4.58. The van der Waals surface area contributed by atoms with E-state index < -0.39 is 5.82 Å². The van der Waals surface area contributed by atoms with Crippen LogP contribution in [0.5, 0.6) is 0 Å². The van der Waals surface area contributed by atoms with Crippen molar-refractivity contribution in [2.75, 3.05) is 13.1 Å². The molecule has 0 aliphatic carbocycles. The minimum absolute atomic E-state index is 0.00403. The molecule has 0 radical (unpaired) electrons. The molecule has 3 rings (SSSR count). The molecular weight excluding hydrogens is 323 g/mol. The molecule has 0 unspecified atom stereocenters. The van der Waals surface area contributed by atoms with Gasteiger partial charge in [0.25, 0.3) is 5.91 Å². The summed E-state index contributed by atoms with van der Waals surface area (Å²) in [7, 11) is 0. The fourth-order valence-corrected chi connectivity index (χ4v) is 3.21. The summed E-state index contributed by atoms with van der Waals surface area (Å²) in [5.41, 5.74) is 0.495. The molecule has 0 saturated carbocycles. The highest BCUT2D eigenvalue weighted by molar-refractivity contribution is 5.94. The molecule has 0 spiro atoms. The first-order valence-corrected chi connectivity index (χ1v) is 8.59. The Bertz CT molecular complexity index is 761. The summed E-state index contributed by atoms with van der Waals surface area (Å²) in [6.45, 7) is 7.67. The molecule has 1 fully saturated rings. The van der Waals surface area contributed by atoms with Crippen molar-refractivity contribution in [3.05, 3.63) is 35.5 Å². The number of aromatic nitrogens is 2. The van der Waals surface area contributed by atoms with E-state index in [1.807, 2.05) is 6.92 Å². The van der Waals surface area contributed by atoms with Crippen molar-refractivity contribution >= 4 is 5.91 Å². The van der Waals surface area contributed by atoms with E-state index >= 15 is 0 Å². The van der Waals surface area contributed by atoms with E-state index in [4.69, 9.17) is 4.52 Å². The summed E-state index contributed by atoms with van der Waals surface area (Å²) in [6, 6.07) is 4.83. The molecule has 1 N–H and O–H groups in total. The average molecular weight is 346 g/mol. The van der Waals surface area contributed by atoms with Gasteiger partial charge in [-0.25, -0.2) is 4.39 Å². The van der Waals surface area contributed by atoms with Crippen LogP contribution in [-0.4, -0.2) is 46.1 Å². The summed E-state index contributed by atoms with van der Waals surface area (Å²) in [5.74, 6) is -0.289. The van der Waals surface area contributed by atoms with Crippen molar-refractivity contribution in [3.8, 4) is 11.4 Å². The third kappa shape index (κ3) is 4.04. The predicted molar refractivity (Wildman–Crippen MR) is 91.6 cm³/mol. The first-order chi connectivity index (χ1) is 11.9. The van der Waals surface area contributed by atoms with Gasteiger partial charge in [-0.1, -0.05) is 5.16 Å². The number of halogens is 1. The second kappa shape index (κ2) is 7.31. The number of benzene rings is 1. The van der Waals surface area contributed by atoms with Crippen LogP contribution in [0.1, 0.15) is 42.9 Å². The SMILES string of the molecule is Cc1nc(-c2ccc(C(=O)N[C@H](C)CN3CCC[C@@H]3C)cc2F)no1. The Balaban J connectivity index is 1.65. The van der Waals surface area contributed by atoms with Crippen LogP contribution in [0.25, 0.3) is 11.4 Å². The topological polar surface area (TPSA) is 71.3 Å². The molecule has 2 aromatic rings. The van der Waals surface area contributed by atoms with Gasteiger partial charge in [0, 0.05) is 31.1 Å². The standard InChI is InChI=1S/C18H23FN4O2/c1-11(10-23-8-4-5-12(23)2)20-18(24)14-6-7-15(16(19)9-14)17-21-13(3)25-22-17/h6-7,9,11-12H,4-5,8,10H2,1-3H3,(H,20,24)/t11-,12+/m1/s1. The number of rotatable bonds is 5. The summed E-state index contributed by atoms with van der Waals surface area (Å²) >= 11 is 0. The monoisotopic (exact) mass is 346 g/mol. The Hall–Kier alpha value is -2.28. The molecule has 2 heterocycles. The summed E-state index contributed by atoms with van der Waals surface area (Å²) in [6.07, 6.45) is 2.40. The molecule has 1 aliphatic heterocycles. The number of carbonyl (C=O) groups excluding carboxylic acids is 1. The Morgan fingerprint density at radius 3 is 2.92 bits per heavy atom. The van der Waals surface area contributed by atoms with E-state index in [9.17, 15) is 9.18 Å². The lowest BCUT2D eigenvalue weighted by molar-refractivity contribution is 0.0927. The van der Waals surface area contributed by atoms with E-state index in [1.54, 1.807) is 13.0 Å². The molecule has 1 aliphatic rings. The maximum atomic E-state index is 14.3. The van der Waals surface area contributed by atoms with Gasteiger partial charge in [-0.15, -0.1) is 0 Å². The van der Waals surface area contributed by atoms with Crippen LogP contribution < -0.4 is 5.32 Å². The van der Waals surface area contributed by atoms with Gasteiger partial charge < -0.3 is 9.84 Å².